The molecule has 0 bridgehead atoms. The third kappa shape index (κ3) is 2.18. The van der Waals surface area contributed by atoms with Gasteiger partial charge in [0.1, 0.15) is 18.1 Å². The lowest BCUT2D eigenvalue weighted by molar-refractivity contribution is -0.115. The summed E-state index contributed by atoms with van der Waals surface area (Å²) in [5.74, 6) is 1.11. The minimum atomic E-state index is -0.860. The minimum Gasteiger partial charge on any atom is -0.493 e. The molecule has 0 amide bonds. The topological polar surface area (TPSA) is 46.5 Å². The molecular weight excluding hydrogens is 192 g/mol. The standard InChI is InChI=1S/C12H14O3/c13-8-10(14)7-9-5-6-15-12-4-2-1-3-11(9)12/h1-4,8-10,14H,5-7H2. The maximum absolute atomic E-state index is 10.4. The Kier molecular flexibility index (Phi) is 3.02. The number of aldehydes is 1. The molecule has 15 heavy (non-hydrogen) atoms. The second kappa shape index (κ2) is 4.45. The van der Waals surface area contributed by atoms with Crippen molar-refractivity contribution in [1.29, 1.82) is 0 Å². The average molecular weight is 206 g/mol. The lowest BCUT2D eigenvalue weighted by Crippen LogP contribution is -2.19. The first-order valence-electron chi connectivity index (χ1n) is 5.16. The Bertz CT molecular complexity index is 348. The van der Waals surface area contributed by atoms with Crippen LogP contribution in [0, 0.1) is 0 Å². The van der Waals surface area contributed by atoms with Crippen LogP contribution in [0.5, 0.6) is 5.75 Å². The second-order valence-electron chi connectivity index (χ2n) is 3.81. The van der Waals surface area contributed by atoms with Crippen LogP contribution in [0.25, 0.3) is 0 Å². The molecule has 1 aliphatic rings. The van der Waals surface area contributed by atoms with Gasteiger partial charge in [-0.3, -0.25) is 0 Å². The largest absolute Gasteiger partial charge is 0.493 e. The van der Waals surface area contributed by atoms with Gasteiger partial charge in [0.05, 0.1) is 6.61 Å². The Morgan fingerprint density at radius 2 is 2.33 bits per heavy atom. The van der Waals surface area contributed by atoms with Crippen molar-refractivity contribution in [2.24, 2.45) is 0 Å². The number of hydrogen-bond donors (Lipinski definition) is 1. The Morgan fingerprint density at radius 1 is 1.53 bits per heavy atom. The molecule has 1 aromatic rings. The van der Waals surface area contributed by atoms with E-state index >= 15 is 0 Å². The maximum Gasteiger partial charge on any atom is 0.148 e. The number of para-hydroxylation sites is 1. The molecule has 3 heteroatoms. The highest BCUT2D eigenvalue weighted by Gasteiger charge is 2.23. The molecule has 3 nitrogen and oxygen atoms in total. The van der Waals surface area contributed by atoms with Crippen LogP contribution in [0.1, 0.15) is 24.3 Å². The minimum absolute atomic E-state index is 0.232. The summed E-state index contributed by atoms with van der Waals surface area (Å²) in [5.41, 5.74) is 1.10. The van der Waals surface area contributed by atoms with Crippen LogP contribution < -0.4 is 4.74 Å². The third-order valence-electron chi connectivity index (χ3n) is 2.77. The van der Waals surface area contributed by atoms with E-state index in [1.54, 1.807) is 0 Å². The SMILES string of the molecule is O=CC(O)CC1CCOc2ccccc21. The van der Waals surface area contributed by atoms with E-state index in [0.29, 0.717) is 19.3 Å². The lowest BCUT2D eigenvalue weighted by Gasteiger charge is -2.26. The van der Waals surface area contributed by atoms with Gasteiger partial charge in [-0.2, -0.15) is 0 Å². The van der Waals surface area contributed by atoms with Gasteiger partial charge >= 0.3 is 0 Å². The number of benzene rings is 1. The molecule has 1 aromatic carbocycles. The predicted octanol–water partition coefficient (Wildman–Crippen LogP) is 1.50. The van der Waals surface area contributed by atoms with Gasteiger partial charge in [0.15, 0.2) is 0 Å². The molecule has 1 N–H and O–H groups in total. The van der Waals surface area contributed by atoms with E-state index in [1.807, 2.05) is 24.3 Å². The molecule has 0 saturated heterocycles. The van der Waals surface area contributed by atoms with Crippen molar-refractivity contribution in [1.82, 2.24) is 0 Å². The predicted molar refractivity (Wildman–Crippen MR) is 56.0 cm³/mol. The fourth-order valence-electron chi connectivity index (χ4n) is 2.01. The maximum atomic E-state index is 10.4. The molecule has 0 fully saturated rings. The summed E-state index contributed by atoms with van der Waals surface area (Å²) in [6.07, 6.45) is 1.09. The highest BCUT2D eigenvalue weighted by Crippen LogP contribution is 2.35. The first-order chi connectivity index (χ1) is 7.31. The molecule has 2 unspecified atom stereocenters. The quantitative estimate of drug-likeness (QED) is 0.762. The van der Waals surface area contributed by atoms with Crippen LogP contribution in [-0.2, 0) is 4.79 Å². The fourth-order valence-corrected chi connectivity index (χ4v) is 2.01. The molecule has 0 radical (unpaired) electrons. The molecule has 0 aliphatic carbocycles. The van der Waals surface area contributed by atoms with Crippen LogP contribution in [0.15, 0.2) is 24.3 Å². The van der Waals surface area contributed by atoms with E-state index in [4.69, 9.17) is 4.74 Å². The average Bonchev–Trinajstić information content (AvgIpc) is 2.29. The van der Waals surface area contributed by atoms with E-state index in [2.05, 4.69) is 0 Å². The number of ether oxygens (including phenoxy) is 1. The van der Waals surface area contributed by atoms with E-state index < -0.39 is 6.10 Å². The van der Waals surface area contributed by atoms with Gasteiger partial charge in [-0.25, -0.2) is 0 Å². The molecule has 0 aromatic heterocycles. The lowest BCUT2D eigenvalue weighted by atomic mass is 9.88. The highest BCUT2D eigenvalue weighted by molar-refractivity contribution is 5.56. The zero-order valence-corrected chi connectivity index (χ0v) is 8.43. The zero-order chi connectivity index (χ0) is 10.7. The first-order valence-corrected chi connectivity index (χ1v) is 5.16. The molecule has 2 rings (SSSR count). The molecule has 1 heterocycles. The van der Waals surface area contributed by atoms with Crippen LogP contribution >= 0.6 is 0 Å². The number of carbonyl (C=O) groups excluding carboxylic acids is 1. The summed E-state index contributed by atoms with van der Waals surface area (Å²) >= 11 is 0. The number of carbonyl (C=O) groups is 1. The fraction of sp³-hybridized carbons (Fsp3) is 0.417. The van der Waals surface area contributed by atoms with Crippen molar-refractivity contribution in [3.05, 3.63) is 29.8 Å². The van der Waals surface area contributed by atoms with Gasteiger partial charge in [-0.05, 0) is 30.4 Å². The molecular formula is C12H14O3. The second-order valence-corrected chi connectivity index (χ2v) is 3.81. The molecule has 80 valence electrons. The van der Waals surface area contributed by atoms with Gasteiger partial charge in [-0.15, -0.1) is 0 Å². The van der Waals surface area contributed by atoms with Gasteiger partial charge < -0.3 is 14.6 Å². The summed E-state index contributed by atoms with van der Waals surface area (Å²) in [4.78, 5) is 10.4. The molecule has 0 saturated carbocycles. The third-order valence-corrected chi connectivity index (χ3v) is 2.77. The number of aliphatic hydroxyl groups is 1. The van der Waals surface area contributed by atoms with Crippen molar-refractivity contribution in [3.8, 4) is 5.75 Å². The van der Waals surface area contributed by atoms with E-state index in [0.717, 1.165) is 17.7 Å². The van der Waals surface area contributed by atoms with Crippen LogP contribution in [-0.4, -0.2) is 24.1 Å². The highest BCUT2D eigenvalue weighted by atomic mass is 16.5. The number of aliphatic hydroxyl groups excluding tert-OH is 1. The van der Waals surface area contributed by atoms with Gasteiger partial charge in [0.2, 0.25) is 0 Å². The van der Waals surface area contributed by atoms with Gasteiger partial charge in [0.25, 0.3) is 0 Å². The van der Waals surface area contributed by atoms with Crippen molar-refractivity contribution in [2.45, 2.75) is 24.9 Å². The summed E-state index contributed by atoms with van der Waals surface area (Å²) in [6, 6.07) is 7.80. The van der Waals surface area contributed by atoms with E-state index in [9.17, 15) is 9.90 Å². The number of rotatable bonds is 3. The normalized spacial score (nSPS) is 21.3. The Hall–Kier alpha value is -1.35. The molecule has 2 atom stereocenters. The number of fused-ring (bicyclic) bond motifs is 1. The first kappa shape index (κ1) is 10.2. The number of hydrogen-bond acceptors (Lipinski definition) is 3. The summed E-state index contributed by atoms with van der Waals surface area (Å²) in [7, 11) is 0. The van der Waals surface area contributed by atoms with Crippen molar-refractivity contribution >= 4 is 6.29 Å². The monoisotopic (exact) mass is 206 g/mol. The van der Waals surface area contributed by atoms with Crippen molar-refractivity contribution in [3.63, 3.8) is 0 Å². The molecule has 1 aliphatic heterocycles. The van der Waals surface area contributed by atoms with E-state index in [1.165, 1.54) is 0 Å². The smallest absolute Gasteiger partial charge is 0.148 e. The molecule has 0 spiro atoms. The van der Waals surface area contributed by atoms with Gasteiger partial charge in [-0.1, -0.05) is 18.2 Å². The summed E-state index contributed by atoms with van der Waals surface area (Å²) in [6.45, 7) is 0.660. The van der Waals surface area contributed by atoms with Crippen molar-refractivity contribution in [2.75, 3.05) is 6.61 Å². The van der Waals surface area contributed by atoms with Crippen LogP contribution in [0.3, 0.4) is 0 Å². The van der Waals surface area contributed by atoms with Crippen LogP contribution in [0.4, 0.5) is 0 Å². The van der Waals surface area contributed by atoms with Gasteiger partial charge in [0, 0.05) is 0 Å². The van der Waals surface area contributed by atoms with Crippen LogP contribution in [0.2, 0.25) is 0 Å². The Labute approximate surface area is 88.7 Å². The summed E-state index contributed by atoms with van der Waals surface area (Å²) in [5, 5.41) is 9.33. The summed E-state index contributed by atoms with van der Waals surface area (Å²) < 4.78 is 5.50. The Balaban J connectivity index is 2.18. The Morgan fingerprint density at radius 3 is 3.13 bits per heavy atom. The van der Waals surface area contributed by atoms with Crippen molar-refractivity contribution < 1.29 is 14.6 Å². The zero-order valence-electron chi connectivity index (χ0n) is 8.43. The van der Waals surface area contributed by atoms with E-state index in [-0.39, 0.29) is 5.92 Å².